The number of amides is 2. The lowest BCUT2D eigenvalue weighted by molar-refractivity contribution is -0.137. The summed E-state index contributed by atoms with van der Waals surface area (Å²) in [7, 11) is 0. The zero-order valence-corrected chi connectivity index (χ0v) is 14.3. The summed E-state index contributed by atoms with van der Waals surface area (Å²) in [6.45, 7) is 1.90. The van der Waals surface area contributed by atoms with Crippen LogP contribution in [0.25, 0.3) is 11.3 Å². The molecule has 2 amide bonds. The van der Waals surface area contributed by atoms with Gasteiger partial charge in [-0.1, -0.05) is 35.5 Å². The predicted octanol–water partition coefficient (Wildman–Crippen LogP) is 4.99. The second-order valence-corrected chi connectivity index (χ2v) is 5.81. The van der Waals surface area contributed by atoms with Crippen LogP contribution in [0.2, 0.25) is 0 Å². The zero-order valence-electron chi connectivity index (χ0n) is 14.3. The van der Waals surface area contributed by atoms with Gasteiger partial charge < -0.3 is 15.2 Å². The van der Waals surface area contributed by atoms with Gasteiger partial charge >= 0.3 is 12.2 Å². The number of halogens is 3. The van der Waals surface area contributed by atoms with Gasteiger partial charge in [0.25, 0.3) is 0 Å². The Hall–Kier alpha value is -3.29. The average Bonchev–Trinajstić information content (AvgIpc) is 3.01. The van der Waals surface area contributed by atoms with Gasteiger partial charge in [-0.25, -0.2) is 4.79 Å². The van der Waals surface area contributed by atoms with Crippen LogP contribution in [-0.4, -0.2) is 11.2 Å². The van der Waals surface area contributed by atoms with Crippen LogP contribution in [-0.2, 0) is 12.7 Å². The number of hydrogen-bond donors (Lipinski definition) is 2. The Morgan fingerprint density at radius 2 is 1.74 bits per heavy atom. The van der Waals surface area contributed by atoms with Crippen molar-refractivity contribution in [1.29, 1.82) is 0 Å². The van der Waals surface area contributed by atoms with Crippen LogP contribution in [0.15, 0.2) is 59.1 Å². The molecule has 1 heterocycles. The summed E-state index contributed by atoms with van der Waals surface area (Å²) >= 11 is 0. The molecule has 0 atom stereocenters. The zero-order chi connectivity index (χ0) is 19.4. The molecule has 3 aromatic rings. The van der Waals surface area contributed by atoms with E-state index in [0.29, 0.717) is 11.5 Å². The number of rotatable bonds is 4. The first-order valence-electron chi connectivity index (χ1n) is 8.07. The number of alkyl halides is 3. The normalized spacial score (nSPS) is 11.3. The van der Waals surface area contributed by atoms with E-state index in [1.54, 1.807) is 6.92 Å². The van der Waals surface area contributed by atoms with E-state index in [0.717, 1.165) is 23.3 Å². The molecule has 140 valence electrons. The lowest BCUT2D eigenvalue weighted by Gasteiger charge is -2.10. The molecule has 2 N–H and O–H groups in total. The van der Waals surface area contributed by atoms with E-state index in [-0.39, 0.29) is 12.2 Å². The maximum absolute atomic E-state index is 12.6. The number of nitrogens with zero attached hydrogens (tertiary/aromatic N) is 1. The van der Waals surface area contributed by atoms with Crippen molar-refractivity contribution in [3.05, 3.63) is 71.5 Å². The van der Waals surface area contributed by atoms with Gasteiger partial charge in [0, 0.05) is 16.8 Å². The lowest BCUT2D eigenvalue weighted by Crippen LogP contribution is -2.28. The molecule has 3 rings (SSSR count). The van der Waals surface area contributed by atoms with Gasteiger partial charge in [0.2, 0.25) is 0 Å². The molecule has 0 fully saturated rings. The second-order valence-electron chi connectivity index (χ2n) is 5.81. The Morgan fingerprint density at radius 1 is 1.07 bits per heavy atom. The van der Waals surface area contributed by atoms with E-state index in [1.165, 1.54) is 12.1 Å². The Morgan fingerprint density at radius 3 is 2.37 bits per heavy atom. The Labute approximate surface area is 153 Å². The van der Waals surface area contributed by atoms with Gasteiger partial charge in [-0.2, -0.15) is 13.2 Å². The van der Waals surface area contributed by atoms with E-state index in [2.05, 4.69) is 15.8 Å². The molecule has 0 aliphatic carbocycles. The Balaban J connectivity index is 1.64. The smallest absolute Gasteiger partial charge is 0.361 e. The van der Waals surface area contributed by atoms with Crippen molar-refractivity contribution in [2.24, 2.45) is 0 Å². The number of anilines is 1. The largest absolute Gasteiger partial charge is 0.416 e. The van der Waals surface area contributed by atoms with E-state index >= 15 is 0 Å². The highest BCUT2D eigenvalue weighted by Crippen LogP contribution is 2.30. The summed E-state index contributed by atoms with van der Waals surface area (Å²) in [6.07, 6.45) is -4.42. The molecule has 0 aliphatic rings. The number of urea groups is 1. The fourth-order valence-electron chi connectivity index (χ4n) is 2.51. The van der Waals surface area contributed by atoms with Crippen LogP contribution in [0.4, 0.5) is 23.7 Å². The van der Waals surface area contributed by atoms with Gasteiger partial charge in [0.05, 0.1) is 12.1 Å². The van der Waals surface area contributed by atoms with Crippen molar-refractivity contribution in [2.45, 2.75) is 19.6 Å². The molecule has 27 heavy (non-hydrogen) atoms. The molecule has 0 bridgehead atoms. The van der Waals surface area contributed by atoms with Crippen molar-refractivity contribution in [2.75, 3.05) is 5.32 Å². The summed E-state index contributed by atoms with van der Waals surface area (Å²) in [4.78, 5) is 12.1. The molecule has 0 unspecified atom stereocenters. The third-order valence-electron chi connectivity index (χ3n) is 3.93. The summed E-state index contributed by atoms with van der Waals surface area (Å²) in [5.74, 6) is 0.573. The molecule has 0 saturated carbocycles. The molecular formula is C19H16F3N3O2. The number of aromatic nitrogens is 1. The van der Waals surface area contributed by atoms with Crippen molar-refractivity contribution in [3.8, 4) is 11.3 Å². The van der Waals surface area contributed by atoms with Gasteiger partial charge in [0.15, 0.2) is 0 Å². The highest BCUT2D eigenvalue weighted by molar-refractivity contribution is 5.89. The van der Waals surface area contributed by atoms with Crippen LogP contribution in [0.5, 0.6) is 0 Å². The lowest BCUT2D eigenvalue weighted by atomic mass is 10.1. The fourth-order valence-corrected chi connectivity index (χ4v) is 2.51. The van der Waals surface area contributed by atoms with Crippen LogP contribution >= 0.6 is 0 Å². The van der Waals surface area contributed by atoms with Crippen molar-refractivity contribution in [3.63, 3.8) is 0 Å². The summed E-state index contributed by atoms with van der Waals surface area (Å²) in [5.41, 5.74) is 1.69. The minimum absolute atomic E-state index is 0.159. The first kappa shape index (κ1) is 18.5. The molecule has 5 nitrogen and oxygen atoms in total. The first-order chi connectivity index (χ1) is 12.8. The summed E-state index contributed by atoms with van der Waals surface area (Å²) in [5, 5.41) is 9.18. The van der Waals surface area contributed by atoms with Gasteiger partial charge in [-0.15, -0.1) is 0 Å². The molecule has 1 aromatic heterocycles. The van der Waals surface area contributed by atoms with Gasteiger partial charge in [-0.3, -0.25) is 0 Å². The average molecular weight is 375 g/mol. The highest BCUT2D eigenvalue weighted by Gasteiger charge is 2.30. The Bertz CT molecular complexity index is 920. The summed E-state index contributed by atoms with van der Waals surface area (Å²) < 4.78 is 42.9. The minimum atomic E-state index is -4.42. The van der Waals surface area contributed by atoms with Gasteiger partial charge in [-0.05, 0) is 31.2 Å². The number of benzene rings is 2. The number of carbonyl (C=O) groups excluding carboxylic acids is 1. The van der Waals surface area contributed by atoms with Crippen molar-refractivity contribution < 1.29 is 22.5 Å². The molecule has 0 radical (unpaired) electrons. The summed E-state index contributed by atoms with van der Waals surface area (Å²) in [6, 6.07) is 13.0. The van der Waals surface area contributed by atoms with Crippen LogP contribution < -0.4 is 10.6 Å². The topological polar surface area (TPSA) is 67.2 Å². The highest BCUT2D eigenvalue weighted by atomic mass is 19.4. The monoisotopic (exact) mass is 375 g/mol. The second kappa shape index (κ2) is 7.53. The van der Waals surface area contributed by atoms with Gasteiger partial charge in [0.1, 0.15) is 11.5 Å². The number of carbonyl (C=O) groups is 1. The SMILES string of the molecule is Cc1onc(-c2ccccc2)c1CNC(=O)Nc1ccc(C(F)(F)F)cc1. The van der Waals surface area contributed by atoms with E-state index < -0.39 is 17.8 Å². The quantitative estimate of drug-likeness (QED) is 0.675. The molecular weight excluding hydrogens is 359 g/mol. The molecule has 0 aliphatic heterocycles. The maximum atomic E-state index is 12.6. The van der Waals surface area contributed by atoms with Crippen LogP contribution in [0.1, 0.15) is 16.9 Å². The number of nitrogens with one attached hydrogen (secondary N) is 2. The number of aryl methyl sites for hydroxylation is 1. The molecule has 8 heteroatoms. The third kappa shape index (κ3) is 4.46. The maximum Gasteiger partial charge on any atom is 0.416 e. The molecule has 0 saturated heterocycles. The van der Waals surface area contributed by atoms with Crippen LogP contribution in [0, 0.1) is 6.92 Å². The van der Waals surface area contributed by atoms with E-state index in [1.807, 2.05) is 30.3 Å². The molecule has 2 aromatic carbocycles. The van der Waals surface area contributed by atoms with Crippen molar-refractivity contribution in [1.82, 2.24) is 10.5 Å². The predicted molar refractivity (Wildman–Crippen MR) is 94.0 cm³/mol. The van der Waals surface area contributed by atoms with Crippen LogP contribution in [0.3, 0.4) is 0 Å². The first-order valence-corrected chi connectivity index (χ1v) is 8.07. The van der Waals surface area contributed by atoms with E-state index in [9.17, 15) is 18.0 Å². The number of hydrogen-bond acceptors (Lipinski definition) is 3. The molecule has 0 spiro atoms. The fraction of sp³-hybridized carbons (Fsp3) is 0.158. The minimum Gasteiger partial charge on any atom is -0.361 e. The Kier molecular flexibility index (Phi) is 5.16. The van der Waals surface area contributed by atoms with E-state index in [4.69, 9.17) is 4.52 Å². The third-order valence-corrected chi connectivity index (χ3v) is 3.93. The standard InChI is InChI=1S/C19H16F3N3O2/c1-12-16(17(25-27-12)13-5-3-2-4-6-13)11-23-18(26)24-15-9-7-14(8-10-15)19(20,21)22/h2-10H,11H2,1H3,(H2,23,24,26). The van der Waals surface area contributed by atoms with Crippen molar-refractivity contribution >= 4 is 11.7 Å².